The molecule has 0 saturated heterocycles. The molecule has 0 fully saturated rings. The van der Waals surface area contributed by atoms with Crippen LogP contribution in [0.3, 0.4) is 0 Å². The number of carbonyl (C=O) groups is 1. The van der Waals surface area contributed by atoms with Gasteiger partial charge in [0.05, 0.1) is 17.2 Å². The zero-order valence-electron chi connectivity index (χ0n) is 13.6. The van der Waals surface area contributed by atoms with Gasteiger partial charge in [0.15, 0.2) is 0 Å². The van der Waals surface area contributed by atoms with E-state index >= 15 is 0 Å². The van der Waals surface area contributed by atoms with Gasteiger partial charge in [-0.25, -0.2) is 4.98 Å². The molecule has 0 bridgehead atoms. The van der Waals surface area contributed by atoms with Gasteiger partial charge < -0.3 is 10.1 Å². The molecule has 0 saturated carbocycles. The molecule has 0 radical (unpaired) electrons. The van der Waals surface area contributed by atoms with Crippen LogP contribution in [0.5, 0.6) is 5.75 Å². The molecule has 1 heterocycles. The second-order valence-corrected chi connectivity index (χ2v) is 6.78. The topological polar surface area (TPSA) is 51.2 Å². The molecule has 25 heavy (non-hydrogen) atoms. The Balaban J connectivity index is 1.38. The van der Waals surface area contributed by atoms with Gasteiger partial charge in [0.1, 0.15) is 12.4 Å². The first-order chi connectivity index (χ1) is 12.3. The van der Waals surface area contributed by atoms with Crippen molar-refractivity contribution in [1.29, 1.82) is 0 Å². The molecule has 2 aromatic carbocycles. The van der Waals surface area contributed by atoms with Crippen LogP contribution in [0.4, 0.5) is 0 Å². The van der Waals surface area contributed by atoms with E-state index in [2.05, 4.69) is 22.4 Å². The fourth-order valence-electron chi connectivity index (χ4n) is 3.12. The quantitative estimate of drug-likeness (QED) is 0.752. The van der Waals surface area contributed by atoms with Gasteiger partial charge in [-0.1, -0.05) is 24.3 Å². The van der Waals surface area contributed by atoms with Crippen molar-refractivity contribution in [3.8, 4) is 5.75 Å². The van der Waals surface area contributed by atoms with Crippen LogP contribution in [-0.4, -0.2) is 10.9 Å². The van der Waals surface area contributed by atoms with Crippen LogP contribution in [0.25, 0.3) is 0 Å². The number of hydrogen-bond donors (Lipinski definition) is 1. The standard InChI is InChI=1S/C20H18N2O2S/c23-20(22-19-10-7-14-3-1-2-4-18(14)19)15-5-8-17(9-6-15)24-11-16-12-25-13-21-16/h1-6,8-9,12-13,19H,7,10-11H2,(H,22,23). The van der Waals surface area contributed by atoms with Gasteiger partial charge in [-0.2, -0.15) is 0 Å². The van der Waals surface area contributed by atoms with Crippen LogP contribution < -0.4 is 10.1 Å². The predicted octanol–water partition coefficient (Wildman–Crippen LogP) is 4.14. The summed E-state index contributed by atoms with van der Waals surface area (Å²) in [5.41, 5.74) is 5.91. The molecular weight excluding hydrogens is 332 g/mol. The summed E-state index contributed by atoms with van der Waals surface area (Å²) in [4.78, 5) is 16.7. The highest BCUT2D eigenvalue weighted by Crippen LogP contribution is 2.31. The number of thiazole rings is 1. The Labute approximate surface area is 150 Å². The number of nitrogens with one attached hydrogen (secondary N) is 1. The van der Waals surface area contributed by atoms with E-state index in [0.717, 1.165) is 24.3 Å². The average molecular weight is 350 g/mol. The zero-order chi connectivity index (χ0) is 17.1. The number of aromatic nitrogens is 1. The second-order valence-electron chi connectivity index (χ2n) is 6.06. The van der Waals surface area contributed by atoms with Crippen molar-refractivity contribution in [2.45, 2.75) is 25.5 Å². The van der Waals surface area contributed by atoms with Gasteiger partial charge in [0.25, 0.3) is 5.91 Å². The lowest BCUT2D eigenvalue weighted by Crippen LogP contribution is -2.27. The number of aryl methyl sites for hydroxylation is 1. The summed E-state index contributed by atoms with van der Waals surface area (Å²) < 4.78 is 5.68. The Hall–Kier alpha value is -2.66. The van der Waals surface area contributed by atoms with Gasteiger partial charge in [-0.3, -0.25) is 4.79 Å². The highest BCUT2D eigenvalue weighted by atomic mass is 32.1. The smallest absolute Gasteiger partial charge is 0.251 e. The number of nitrogens with zero attached hydrogens (tertiary/aromatic N) is 1. The lowest BCUT2D eigenvalue weighted by Gasteiger charge is -2.14. The highest BCUT2D eigenvalue weighted by molar-refractivity contribution is 7.07. The van der Waals surface area contributed by atoms with Crippen LogP contribution in [0.1, 0.15) is 39.6 Å². The minimum absolute atomic E-state index is 0.0484. The first-order valence-electron chi connectivity index (χ1n) is 8.28. The summed E-state index contributed by atoms with van der Waals surface area (Å²) >= 11 is 1.55. The Morgan fingerprint density at radius 3 is 2.84 bits per heavy atom. The molecule has 1 aromatic heterocycles. The Morgan fingerprint density at radius 1 is 1.20 bits per heavy atom. The maximum atomic E-state index is 12.5. The van der Waals surface area contributed by atoms with Crippen LogP contribution in [0, 0.1) is 0 Å². The normalized spacial score (nSPS) is 15.6. The Morgan fingerprint density at radius 2 is 2.04 bits per heavy atom. The monoisotopic (exact) mass is 350 g/mol. The third kappa shape index (κ3) is 3.56. The molecule has 0 spiro atoms. The fourth-order valence-corrected chi connectivity index (χ4v) is 3.66. The number of amides is 1. The van der Waals surface area contributed by atoms with E-state index in [-0.39, 0.29) is 11.9 Å². The van der Waals surface area contributed by atoms with Crippen molar-refractivity contribution in [2.75, 3.05) is 0 Å². The molecule has 4 rings (SSSR count). The van der Waals surface area contributed by atoms with Crippen LogP contribution in [-0.2, 0) is 13.0 Å². The number of fused-ring (bicyclic) bond motifs is 1. The Kier molecular flexibility index (Phi) is 4.48. The van der Waals surface area contributed by atoms with Crippen molar-refractivity contribution in [3.05, 3.63) is 81.8 Å². The van der Waals surface area contributed by atoms with E-state index in [4.69, 9.17) is 4.74 Å². The van der Waals surface area contributed by atoms with Gasteiger partial charge in [0.2, 0.25) is 0 Å². The third-order valence-corrected chi connectivity index (χ3v) is 5.06. The summed E-state index contributed by atoms with van der Waals surface area (Å²) in [5.74, 6) is 0.684. The number of benzene rings is 2. The van der Waals surface area contributed by atoms with E-state index in [1.807, 2.05) is 29.6 Å². The summed E-state index contributed by atoms with van der Waals surface area (Å²) in [5, 5.41) is 5.10. The van der Waals surface area contributed by atoms with E-state index < -0.39 is 0 Å². The molecule has 4 nitrogen and oxygen atoms in total. The highest BCUT2D eigenvalue weighted by Gasteiger charge is 2.23. The lowest BCUT2D eigenvalue weighted by atomic mass is 10.1. The summed E-state index contributed by atoms with van der Waals surface area (Å²) in [7, 11) is 0. The van der Waals surface area contributed by atoms with Crippen molar-refractivity contribution in [2.24, 2.45) is 0 Å². The number of ether oxygens (including phenoxy) is 1. The van der Waals surface area contributed by atoms with E-state index in [0.29, 0.717) is 12.2 Å². The molecule has 1 aliphatic carbocycles. The number of hydrogen-bond acceptors (Lipinski definition) is 4. The average Bonchev–Trinajstić information content (AvgIpc) is 3.31. The molecule has 126 valence electrons. The third-order valence-electron chi connectivity index (χ3n) is 4.42. The largest absolute Gasteiger partial charge is 0.487 e. The van der Waals surface area contributed by atoms with Gasteiger partial charge >= 0.3 is 0 Å². The molecule has 1 aliphatic rings. The number of carbonyl (C=O) groups excluding carboxylic acids is 1. The lowest BCUT2D eigenvalue weighted by molar-refractivity contribution is 0.0936. The summed E-state index contributed by atoms with van der Waals surface area (Å²) in [6.45, 7) is 0.438. The van der Waals surface area contributed by atoms with Gasteiger partial charge in [0, 0.05) is 10.9 Å². The van der Waals surface area contributed by atoms with Gasteiger partial charge in [-0.15, -0.1) is 11.3 Å². The number of rotatable bonds is 5. The van der Waals surface area contributed by atoms with Crippen molar-refractivity contribution >= 4 is 17.2 Å². The van der Waals surface area contributed by atoms with E-state index in [1.165, 1.54) is 11.1 Å². The predicted molar refractivity (Wildman–Crippen MR) is 97.9 cm³/mol. The SMILES string of the molecule is O=C(NC1CCc2ccccc21)c1ccc(OCc2cscn2)cc1. The summed E-state index contributed by atoms with van der Waals surface area (Å²) in [6.07, 6.45) is 1.98. The molecule has 3 aromatic rings. The maximum absolute atomic E-state index is 12.5. The fraction of sp³-hybridized carbons (Fsp3) is 0.200. The molecule has 1 N–H and O–H groups in total. The molecule has 1 unspecified atom stereocenters. The molecular formula is C20H18N2O2S. The zero-order valence-corrected chi connectivity index (χ0v) is 14.5. The van der Waals surface area contributed by atoms with Crippen molar-refractivity contribution in [1.82, 2.24) is 10.3 Å². The van der Waals surface area contributed by atoms with Gasteiger partial charge in [-0.05, 0) is 48.2 Å². The first kappa shape index (κ1) is 15.8. The van der Waals surface area contributed by atoms with Crippen LogP contribution in [0.2, 0.25) is 0 Å². The maximum Gasteiger partial charge on any atom is 0.251 e. The second kappa shape index (κ2) is 7.07. The summed E-state index contributed by atoms with van der Waals surface area (Å²) in [6, 6.07) is 15.7. The van der Waals surface area contributed by atoms with Crippen LogP contribution >= 0.6 is 11.3 Å². The minimum Gasteiger partial charge on any atom is -0.487 e. The van der Waals surface area contributed by atoms with E-state index in [9.17, 15) is 4.79 Å². The molecule has 0 aliphatic heterocycles. The molecule has 5 heteroatoms. The van der Waals surface area contributed by atoms with Crippen LogP contribution in [0.15, 0.2) is 59.4 Å². The van der Waals surface area contributed by atoms with Crippen molar-refractivity contribution in [3.63, 3.8) is 0 Å². The minimum atomic E-state index is -0.0484. The Bertz CT molecular complexity index is 860. The molecule has 1 atom stereocenters. The first-order valence-corrected chi connectivity index (χ1v) is 9.22. The molecule has 1 amide bonds. The van der Waals surface area contributed by atoms with E-state index in [1.54, 1.807) is 29.0 Å². The van der Waals surface area contributed by atoms with Crippen molar-refractivity contribution < 1.29 is 9.53 Å².